The molecule has 2 heterocycles. The number of carboxylic acid groups (broad SMARTS) is 1. The van der Waals surface area contributed by atoms with E-state index in [0.29, 0.717) is 25.6 Å². The van der Waals surface area contributed by atoms with Crippen LogP contribution in [0, 0.1) is 5.92 Å². The van der Waals surface area contributed by atoms with Crippen LogP contribution in [0.4, 0.5) is 4.79 Å². The smallest absolute Gasteiger partial charge is 0.407 e. The maximum Gasteiger partial charge on any atom is 0.407 e. The van der Waals surface area contributed by atoms with Crippen LogP contribution in [0.1, 0.15) is 17.9 Å². The van der Waals surface area contributed by atoms with Crippen molar-refractivity contribution in [3.63, 3.8) is 0 Å². The molecule has 19 heavy (non-hydrogen) atoms. The zero-order chi connectivity index (χ0) is 13.4. The molecule has 1 aromatic carbocycles. The van der Waals surface area contributed by atoms with E-state index in [1.54, 1.807) is 7.11 Å². The third-order valence-corrected chi connectivity index (χ3v) is 4.08. The van der Waals surface area contributed by atoms with E-state index in [1.165, 1.54) is 4.90 Å². The van der Waals surface area contributed by atoms with Crippen LogP contribution in [0.15, 0.2) is 18.2 Å². The zero-order valence-electron chi connectivity index (χ0n) is 10.8. The first-order chi connectivity index (χ1) is 9.20. The van der Waals surface area contributed by atoms with E-state index in [9.17, 15) is 4.79 Å². The monoisotopic (exact) mass is 263 g/mol. The number of hydrogen-bond donors (Lipinski definition) is 1. The van der Waals surface area contributed by atoms with E-state index >= 15 is 0 Å². The SMILES string of the molecule is COc1cccc2c1OCCC1CN(C(=O)O)CC21. The molecule has 0 spiro atoms. The van der Waals surface area contributed by atoms with Gasteiger partial charge in [0.1, 0.15) is 0 Å². The molecule has 5 nitrogen and oxygen atoms in total. The van der Waals surface area contributed by atoms with Gasteiger partial charge in [0, 0.05) is 24.6 Å². The molecule has 2 aliphatic rings. The summed E-state index contributed by atoms with van der Waals surface area (Å²) >= 11 is 0. The highest BCUT2D eigenvalue weighted by molar-refractivity contribution is 5.66. The van der Waals surface area contributed by atoms with Gasteiger partial charge in [0.15, 0.2) is 11.5 Å². The molecule has 1 saturated heterocycles. The van der Waals surface area contributed by atoms with Crippen LogP contribution in [-0.2, 0) is 0 Å². The van der Waals surface area contributed by atoms with Crippen LogP contribution >= 0.6 is 0 Å². The Morgan fingerprint density at radius 2 is 2.32 bits per heavy atom. The van der Waals surface area contributed by atoms with Crippen molar-refractivity contribution in [1.82, 2.24) is 4.90 Å². The van der Waals surface area contributed by atoms with Gasteiger partial charge in [-0.15, -0.1) is 0 Å². The molecule has 0 saturated carbocycles. The van der Waals surface area contributed by atoms with Crippen LogP contribution < -0.4 is 9.47 Å². The highest BCUT2D eigenvalue weighted by atomic mass is 16.5. The molecule has 0 radical (unpaired) electrons. The average Bonchev–Trinajstić information content (AvgIpc) is 2.76. The average molecular weight is 263 g/mol. The fourth-order valence-corrected chi connectivity index (χ4v) is 3.12. The number of para-hydroxylation sites is 1. The normalized spacial score (nSPS) is 25.0. The molecule has 0 aromatic heterocycles. The number of methoxy groups -OCH3 is 1. The minimum atomic E-state index is -0.835. The lowest BCUT2D eigenvalue weighted by molar-refractivity contribution is 0.152. The molecule has 2 aliphatic heterocycles. The third-order valence-electron chi connectivity index (χ3n) is 4.08. The summed E-state index contributed by atoms with van der Waals surface area (Å²) in [5, 5.41) is 9.15. The van der Waals surface area contributed by atoms with E-state index < -0.39 is 6.09 Å². The van der Waals surface area contributed by atoms with E-state index in [-0.39, 0.29) is 5.92 Å². The summed E-state index contributed by atoms with van der Waals surface area (Å²) in [5.41, 5.74) is 1.07. The molecular weight excluding hydrogens is 246 g/mol. The van der Waals surface area contributed by atoms with Crippen molar-refractivity contribution in [3.05, 3.63) is 23.8 Å². The topological polar surface area (TPSA) is 59.0 Å². The highest BCUT2D eigenvalue weighted by Crippen LogP contribution is 2.45. The fraction of sp³-hybridized carbons (Fsp3) is 0.500. The van der Waals surface area contributed by atoms with Gasteiger partial charge in [-0.25, -0.2) is 4.79 Å². The number of likely N-dealkylation sites (tertiary alicyclic amines) is 1. The quantitative estimate of drug-likeness (QED) is 0.843. The molecule has 1 fully saturated rings. The molecule has 1 aromatic rings. The van der Waals surface area contributed by atoms with Crippen molar-refractivity contribution >= 4 is 6.09 Å². The van der Waals surface area contributed by atoms with Gasteiger partial charge in [-0.2, -0.15) is 0 Å². The van der Waals surface area contributed by atoms with Crippen LogP contribution in [0.3, 0.4) is 0 Å². The summed E-state index contributed by atoms with van der Waals surface area (Å²) in [5.74, 6) is 2.06. The number of rotatable bonds is 1. The number of amides is 1. The number of fused-ring (bicyclic) bond motifs is 3. The van der Waals surface area contributed by atoms with E-state index in [0.717, 1.165) is 23.5 Å². The van der Waals surface area contributed by atoms with Gasteiger partial charge < -0.3 is 19.5 Å². The van der Waals surface area contributed by atoms with Crippen LogP contribution in [0.5, 0.6) is 11.5 Å². The van der Waals surface area contributed by atoms with Crippen molar-refractivity contribution in [3.8, 4) is 11.5 Å². The van der Waals surface area contributed by atoms with Gasteiger partial charge in [-0.05, 0) is 18.4 Å². The third kappa shape index (κ3) is 1.99. The summed E-state index contributed by atoms with van der Waals surface area (Å²) in [4.78, 5) is 12.6. The second-order valence-electron chi connectivity index (χ2n) is 5.07. The van der Waals surface area contributed by atoms with Crippen molar-refractivity contribution in [2.24, 2.45) is 5.92 Å². The van der Waals surface area contributed by atoms with Gasteiger partial charge in [0.05, 0.1) is 13.7 Å². The van der Waals surface area contributed by atoms with Crippen molar-refractivity contribution in [2.45, 2.75) is 12.3 Å². The maximum atomic E-state index is 11.1. The number of carbonyl (C=O) groups is 1. The predicted octanol–water partition coefficient (Wildman–Crippen LogP) is 2.17. The number of benzene rings is 1. The van der Waals surface area contributed by atoms with Crippen LogP contribution in [0.2, 0.25) is 0 Å². The van der Waals surface area contributed by atoms with E-state index in [4.69, 9.17) is 14.6 Å². The summed E-state index contributed by atoms with van der Waals surface area (Å²) in [6.07, 6.45) is 0.0465. The molecule has 2 unspecified atom stereocenters. The molecule has 0 aliphatic carbocycles. The molecule has 5 heteroatoms. The Hall–Kier alpha value is -1.91. The highest BCUT2D eigenvalue weighted by Gasteiger charge is 2.39. The summed E-state index contributed by atoms with van der Waals surface area (Å²) in [6.45, 7) is 1.76. The van der Waals surface area contributed by atoms with Gasteiger partial charge in [0.2, 0.25) is 0 Å². The fourth-order valence-electron chi connectivity index (χ4n) is 3.12. The molecule has 102 valence electrons. The minimum absolute atomic E-state index is 0.212. The van der Waals surface area contributed by atoms with Gasteiger partial charge in [-0.1, -0.05) is 12.1 Å². The first-order valence-corrected chi connectivity index (χ1v) is 6.48. The van der Waals surface area contributed by atoms with Crippen LogP contribution in [0.25, 0.3) is 0 Å². The predicted molar refractivity (Wildman–Crippen MR) is 68.9 cm³/mol. The first kappa shape index (κ1) is 12.1. The zero-order valence-corrected chi connectivity index (χ0v) is 10.8. The Kier molecular flexibility index (Phi) is 2.97. The lowest BCUT2D eigenvalue weighted by Crippen LogP contribution is -2.27. The molecule has 1 amide bonds. The number of hydrogen-bond acceptors (Lipinski definition) is 3. The Morgan fingerprint density at radius 3 is 3.05 bits per heavy atom. The van der Waals surface area contributed by atoms with E-state index in [2.05, 4.69) is 0 Å². The summed E-state index contributed by atoms with van der Waals surface area (Å²) < 4.78 is 11.1. The number of ether oxygens (including phenoxy) is 2. The molecular formula is C14H17NO4. The Labute approximate surface area is 111 Å². The van der Waals surface area contributed by atoms with Crippen molar-refractivity contribution < 1.29 is 19.4 Å². The van der Waals surface area contributed by atoms with Gasteiger partial charge in [0.25, 0.3) is 0 Å². The number of nitrogens with zero attached hydrogens (tertiary/aromatic N) is 1. The molecule has 1 N–H and O–H groups in total. The lowest BCUT2D eigenvalue weighted by Gasteiger charge is -2.17. The van der Waals surface area contributed by atoms with Gasteiger partial charge >= 0.3 is 6.09 Å². The van der Waals surface area contributed by atoms with Crippen molar-refractivity contribution in [1.29, 1.82) is 0 Å². The molecule has 0 bridgehead atoms. The van der Waals surface area contributed by atoms with Crippen molar-refractivity contribution in [2.75, 3.05) is 26.8 Å². The second kappa shape index (κ2) is 4.64. The molecule has 3 rings (SSSR count). The molecule has 2 atom stereocenters. The Balaban J connectivity index is 1.99. The summed E-state index contributed by atoms with van der Waals surface area (Å²) in [7, 11) is 1.62. The van der Waals surface area contributed by atoms with Crippen LogP contribution in [-0.4, -0.2) is 42.9 Å². The maximum absolute atomic E-state index is 11.1. The lowest BCUT2D eigenvalue weighted by atomic mass is 9.87. The first-order valence-electron chi connectivity index (χ1n) is 6.48. The second-order valence-corrected chi connectivity index (χ2v) is 5.07. The largest absolute Gasteiger partial charge is 0.493 e. The standard InChI is InChI=1S/C14H17NO4/c1-18-12-4-2-3-10-11-8-15(14(16)17)7-9(11)5-6-19-13(10)12/h2-4,9,11H,5-8H2,1H3,(H,16,17). The minimum Gasteiger partial charge on any atom is -0.493 e. The summed E-state index contributed by atoms with van der Waals surface area (Å²) in [6, 6.07) is 5.84. The van der Waals surface area contributed by atoms with Gasteiger partial charge in [-0.3, -0.25) is 0 Å². The Bertz CT molecular complexity index is 502. The Morgan fingerprint density at radius 1 is 1.47 bits per heavy atom. The van der Waals surface area contributed by atoms with E-state index in [1.807, 2.05) is 18.2 Å².